The molecule has 0 saturated carbocycles. The van der Waals surface area contributed by atoms with Crippen LogP contribution in [0.1, 0.15) is 0 Å². The summed E-state index contributed by atoms with van der Waals surface area (Å²) in [5, 5.41) is 0. The largest absolute Gasteiger partial charge is 0.370 e. The van der Waals surface area contributed by atoms with Crippen LogP contribution in [-0.4, -0.2) is 30.7 Å². The molecule has 0 spiro atoms. The molecule has 1 aliphatic heterocycles. The van der Waals surface area contributed by atoms with Gasteiger partial charge in [-0.2, -0.15) is 16.8 Å². The summed E-state index contributed by atoms with van der Waals surface area (Å²) in [5.74, 6) is 2.38. The first-order chi connectivity index (χ1) is 7.40. The van der Waals surface area contributed by atoms with Gasteiger partial charge in [-0.3, -0.25) is 0 Å². The molecule has 1 heterocycles. The first kappa shape index (κ1) is 10.3. The Hall–Kier alpha value is -1.25. The van der Waals surface area contributed by atoms with Crippen LogP contribution < -0.4 is 4.90 Å². The van der Waals surface area contributed by atoms with Crippen LogP contribution in [0.4, 0.5) is 11.4 Å². The van der Waals surface area contributed by atoms with E-state index in [1.807, 2.05) is 36.0 Å². The number of nitrogens with zero attached hydrogens (tertiary/aromatic N) is 2. The molecular formula is C11H12N2OS. The van der Waals surface area contributed by atoms with Crippen molar-refractivity contribution in [3.8, 4) is 0 Å². The third kappa shape index (κ3) is 2.61. The number of hydrogen-bond acceptors (Lipinski definition) is 4. The molecular weight excluding hydrogens is 208 g/mol. The van der Waals surface area contributed by atoms with Crippen molar-refractivity contribution >= 4 is 29.2 Å². The molecule has 0 atom stereocenters. The van der Waals surface area contributed by atoms with E-state index in [0.717, 1.165) is 13.1 Å². The zero-order chi connectivity index (χ0) is 10.5. The number of anilines is 1. The van der Waals surface area contributed by atoms with Gasteiger partial charge in [0, 0.05) is 30.3 Å². The third-order valence-electron chi connectivity index (χ3n) is 2.40. The molecule has 15 heavy (non-hydrogen) atoms. The van der Waals surface area contributed by atoms with Crippen molar-refractivity contribution in [3.05, 3.63) is 24.3 Å². The van der Waals surface area contributed by atoms with E-state index in [-0.39, 0.29) is 0 Å². The first-order valence-electron chi connectivity index (χ1n) is 4.91. The van der Waals surface area contributed by atoms with Crippen molar-refractivity contribution < 1.29 is 4.79 Å². The Morgan fingerprint density at radius 3 is 2.47 bits per heavy atom. The fourth-order valence-corrected chi connectivity index (χ4v) is 2.52. The van der Waals surface area contributed by atoms with Crippen molar-refractivity contribution in [2.24, 2.45) is 4.99 Å². The fraction of sp³-hybridized carbons (Fsp3) is 0.364. The van der Waals surface area contributed by atoms with Gasteiger partial charge in [-0.15, -0.1) is 0 Å². The lowest BCUT2D eigenvalue weighted by Crippen LogP contribution is -2.32. The summed E-state index contributed by atoms with van der Waals surface area (Å²) in [6, 6.07) is 7.71. The lowest BCUT2D eigenvalue weighted by Gasteiger charge is -2.28. The van der Waals surface area contributed by atoms with Crippen LogP contribution in [0.25, 0.3) is 0 Å². The Morgan fingerprint density at radius 2 is 1.87 bits per heavy atom. The van der Waals surface area contributed by atoms with Crippen molar-refractivity contribution in [3.63, 3.8) is 0 Å². The van der Waals surface area contributed by atoms with E-state index >= 15 is 0 Å². The molecule has 0 radical (unpaired) electrons. The van der Waals surface area contributed by atoms with Gasteiger partial charge in [0.25, 0.3) is 0 Å². The smallest absolute Gasteiger partial charge is 0.240 e. The number of benzene rings is 1. The van der Waals surface area contributed by atoms with Crippen molar-refractivity contribution in [1.82, 2.24) is 0 Å². The number of rotatable bonds is 2. The predicted molar refractivity (Wildman–Crippen MR) is 63.8 cm³/mol. The Morgan fingerprint density at radius 1 is 1.20 bits per heavy atom. The molecule has 2 rings (SSSR count). The number of isocyanates is 1. The highest BCUT2D eigenvalue weighted by Gasteiger charge is 2.10. The molecule has 0 aliphatic carbocycles. The van der Waals surface area contributed by atoms with Crippen LogP contribution in [0.15, 0.2) is 29.3 Å². The second-order valence-electron chi connectivity index (χ2n) is 3.32. The summed E-state index contributed by atoms with van der Waals surface area (Å²) in [5.41, 5.74) is 1.88. The molecule has 0 unspecified atom stereocenters. The normalized spacial score (nSPS) is 15.9. The minimum absolute atomic E-state index is 0.667. The molecule has 1 aliphatic rings. The van der Waals surface area contributed by atoms with Crippen LogP contribution in [-0.2, 0) is 4.79 Å². The molecule has 1 fully saturated rings. The van der Waals surface area contributed by atoms with Crippen LogP contribution >= 0.6 is 11.8 Å². The summed E-state index contributed by atoms with van der Waals surface area (Å²) in [4.78, 5) is 16.0. The summed E-state index contributed by atoms with van der Waals surface area (Å²) < 4.78 is 0. The molecule has 0 amide bonds. The Bertz CT molecular complexity index is 365. The van der Waals surface area contributed by atoms with Gasteiger partial charge in [-0.25, -0.2) is 4.79 Å². The van der Waals surface area contributed by atoms with Gasteiger partial charge in [-0.1, -0.05) is 0 Å². The van der Waals surface area contributed by atoms with Crippen molar-refractivity contribution in [2.75, 3.05) is 29.5 Å². The molecule has 0 bridgehead atoms. The maximum Gasteiger partial charge on any atom is 0.240 e. The summed E-state index contributed by atoms with van der Waals surface area (Å²) in [7, 11) is 0. The summed E-state index contributed by atoms with van der Waals surface area (Å²) in [6.45, 7) is 2.20. The van der Waals surface area contributed by atoms with Gasteiger partial charge in [-0.05, 0) is 24.3 Å². The third-order valence-corrected chi connectivity index (χ3v) is 3.34. The molecule has 0 aromatic heterocycles. The number of aliphatic imine (C=N–C) groups is 1. The Balaban J connectivity index is 2.11. The second kappa shape index (κ2) is 5.01. The van der Waals surface area contributed by atoms with E-state index in [9.17, 15) is 4.79 Å². The van der Waals surface area contributed by atoms with E-state index < -0.39 is 0 Å². The van der Waals surface area contributed by atoms with E-state index in [1.165, 1.54) is 17.2 Å². The van der Waals surface area contributed by atoms with Gasteiger partial charge in [0.05, 0.1) is 5.69 Å². The van der Waals surface area contributed by atoms with Gasteiger partial charge in [0.2, 0.25) is 6.08 Å². The molecule has 3 nitrogen and oxygen atoms in total. The maximum absolute atomic E-state index is 10.1. The standard InChI is InChI=1S/C11H12N2OS/c14-9-12-10-1-3-11(4-2-10)13-5-7-15-8-6-13/h1-4H,5-8H2. The molecule has 4 heteroatoms. The van der Waals surface area contributed by atoms with Crippen LogP contribution in [0.3, 0.4) is 0 Å². The number of thioether (sulfide) groups is 1. The van der Waals surface area contributed by atoms with Crippen LogP contribution in [0, 0.1) is 0 Å². The average Bonchev–Trinajstić information content (AvgIpc) is 2.32. The highest BCUT2D eigenvalue weighted by molar-refractivity contribution is 7.99. The zero-order valence-corrected chi connectivity index (χ0v) is 9.17. The lowest BCUT2D eigenvalue weighted by atomic mass is 10.2. The van der Waals surface area contributed by atoms with Crippen LogP contribution in [0.2, 0.25) is 0 Å². The minimum atomic E-state index is 0.667. The Labute approximate surface area is 93.2 Å². The SMILES string of the molecule is O=C=Nc1ccc(N2CCSCC2)cc1. The van der Waals surface area contributed by atoms with Gasteiger partial charge in [0.15, 0.2) is 0 Å². The predicted octanol–water partition coefficient (Wildman–Crippen LogP) is 2.21. The number of carbonyl (C=O) groups excluding carboxylic acids is 1. The van der Waals surface area contributed by atoms with E-state index in [2.05, 4.69) is 9.89 Å². The second-order valence-corrected chi connectivity index (χ2v) is 4.54. The molecule has 1 saturated heterocycles. The lowest BCUT2D eigenvalue weighted by molar-refractivity contribution is 0.565. The molecule has 78 valence electrons. The van der Waals surface area contributed by atoms with E-state index in [0.29, 0.717) is 5.69 Å². The quantitative estimate of drug-likeness (QED) is 0.566. The maximum atomic E-state index is 10.1. The summed E-state index contributed by atoms with van der Waals surface area (Å²) in [6.07, 6.45) is 1.54. The van der Waals surface area contributed by atoms with Crippen LogP contribution in [0.5, 0.6) is 0 Å². The van der Waals surface area contributed by atoms with Gasteiger partial charge in [0.1, 0.15) is 0 Å². The van der Waals surface area contributed by atoms with Gasteiger partial charge < -0.3 is 4.90 Å². The molecule has 1 aromatic carbocycles. The van der Waals surface area contributed by atoms with E-state index in [1.54, 1.807) is 6.08 Å². The highest BCUT2D eigenvalue weighted by Crippen LogP contribution is 2.22. The monoisotopic (exact) mass is 220 g/mol. The summed E-state index contributed by atoms with van der Waals surface area (Å²) >= 11 is 1.99. The minimum Gasteiger partial charge on any atom is -0.370 e. The zero-order valence-electron chi connectivity index (χ0n) is 8.35. The molecule has 0 N–H and O–H groups in total. The highest BCUT2D eigenvalue weighted by atomic mass is 32.2. The Kier molecular flexibility index (Phi) is 3.43. The first-order valence-corrected chi connectivity index (χ1v) is 6.06. The molecule has 1 aromatic rings. The van der Waals surface area contributed by atoms with Crippen molar-refractivity contribution in [2.45, 2.75) is 0 Å². The fourth-order valence-electron chi connectivity index (χ4n) is 1.61. The topological polar surface area (TPSA) is 32.7 Å². The van der Waals surface area contributed by atoms with Gasteiger partial charge >= 0.3 is 0 Å². The average molecular weight is 220 g/mol. The van der Waals surface area contributed by atoms with E-state index in [4.69, 9.17) is 0 Å². The number of hydrogen-bond donors (Lipinski definition) is 0. The van der Waals surface area contributed by atoms with Crippen molar-refractivity contribution in [1.29, 1.82) is 0 Å².